The standard InChI is InChI=1S/C14H28N2/c1-9-13(5,6)11(3)15-16-12(4)14(7,8)10-2/h9-10H2,1-8H3/b15-11+,16-12+. The fourth-order valence-electron chi connectivity index (χ4n) is 0.932. The molecule has 0 spiro atoms. The lowest BCUT2D eigenvalue weighted by molar-refractivity contribution is 0.493. The highest BCUT2D eigenvalue weighted by Crippen LogP contribution is 2.24. The molecule has 2 nitrogen and oxygen atoms in total. The van der Waals surface area contributed by atoms with Crippen LogP contribution in [0.4, 0.5) is 0 Å². The summed E-state index contributed by atoms with van der Waals surface area (Å²) in [5.41, 5.74) is 2.53. The van der Waals surface area contributed by atoms with E-state index in [9.17, 15) is 0 Å². The van der Waals surface area contributed by atoms with Crippen LogP contribution in [0.15, 0.2) is 10.2 Å². The Labute approximate surface area is 101 Å². The molecule has 0 bridgehead atoms. The number of hydrogen-bond acceptors (Lipinski definition) is 2. The van der Waals surface area contributed by atoms with Gasteiger partial charge in [-0.3, -0.25) is 0 Å². The molecule has 0 aliphatic heterocycles. The lowest BCUT2D eigenvalue weighted by Gasteiger charge is -2.23. The normalized spacial score (nSPS) is 15.5. The van der Waals surface area contributed by atoms with E-state index in [2.05, 4.69) is 65.6 Å². The van der Waals surface area contributed by atoms with Gasteiger partial charge in [0.1, 0.15) is 0 Å². The van der Waals surface area contributed by atoms with Gasteiger partial charge in [-0.2, -0.15) is 10.2 Å². The van der Waals surface area contributed by atoms with Crippen LogP contribution in [0.5, 0.6) is 0 Å². The first kappa shape index (κ1) is 15.3. The van der Waals surface area contributed by atoms with Gasteiger partial charge in [0.05, 0.1) is 0 Å². The van der Waals surface area contributed by atoms with Crippen LogP contribution in [0.1, 0.15) is 68.2 Å². The van der Waals surface area contributed by atoms with Gasteiger partial charge in [-0.1, -0.05) is 41.5 Å². The molecule has 0 aromatic rings. The van der Waals surface area contributed by atoms with Crippen LogP contribution >= 0.6 is 0 Å². The van der Waals surface area contributed by atoms with Crippen LogP contribution in [0.3, 0.4) is 0 Å². The van der Waals surface area contributed by atoms with E-state index in [0.717, 1.165) is 24.3 Å². The predicted octanol–water partition coefficient (Wildman–Crippen LogP) is 4.70. The van der Waals surface area contributed by atoms with Crippen LogP contribution in [0.25, 0.3) is 0 Å². The Morgan fingerprint density at radius 1 is 0.750 bits per heavy atom. The zero-order valence-electron chi connectivity index (χ0n) is 12.3. The molecule has 0 saturated heterocycles. The molecule has 2 heteroatoms. The summed E-state index contributed by atoms with van der Waals surface area (Å²) in [4.78, 5) is 0. The summed E-state index contributed by atoms with van der Waals surface area (Å²) >= 11 is 0. The topological polar surface area (TPSA) is 24.7 Å². The third-order valence-electron chi connectivity index (χ3n) is 4.08. The number of nitrogens with zero attached hydrogens (tertiary/aromatic N) is 2. The van der Waals surface area contributed by atoms with Gasteiger partial charge in [-0.05, 0) is 26.7 Å². The molecule has 0 aliphatic carbocycles. The van der Waals surface area contributed by atoms with Crippen molar-refractivity contribution >= 4 is 11.4 Å². The molecule has 0 heterocycles. The molecule has 0 N–H and O–H groups in total. The van der Waals surface area contributed by atoms with Crippen molar-refractivity contribution < 1.29 is 0 Å². The number of rotatable bonds is 5. The van der Waals surface area contributed by atoms with Crippen LogP contribution in [-0.2, 0) is 0 Å². The summed E-state index contributed by atoms with van der Waals surface area (Å²) in [6, 6.07) is 0. The van der Waals surface area contributed by atoms with E-state index in [1.165, 1.54) is 0 Å². The molecule has 0 saturated carbocycles. The molecule has 0 unspecified atom stereocenters. The average molecular weight is 224 g/mol. The Morgan fingerprint density at radius 3 is 1.19 bits per heavy atom. The van der Waals surface area contributed by atoms with Gasteiger partial charge >= 0.3 is 0 Å². The smallest absolute Gasteiger partial charge is 0.0430 e. The summed E-state index contributed by atoms with van der Waals surface area (Å²) in [5.74, 6) is 0. The Morgan fingerprint density at radius 2 is 1.00 bits per heavy atom. The maximum absolute atomic E-state index is 4.39. The summed E-state index contributed by atoms with van der Waals surface area (Å²) in [6.45, 7) is 17.3. The monoisotopic (exact) mass is 224 g/mol. The van der Waals surface area contributed by atoms with E-state index in [4.69, 9.17) is 0 Å². The van der Waals surface area contributed by atoms with E-state index in [1.54, 1.807) is 0 Å². The molecule has 94 valence electrons. The lowest BCUT2D eigenvalue weighted by atomic mass is 9.85. The van der Waals surface area contributed by atoms with Gasteiger partial charge in [0, 0.05) is 22.3 Å². The number of hydrogen-bond donors (Lipinski definition) is 0. The van der Waals surface area contributed by atoms with Crippen molar-refractivity contribution in [3.8, 4) is 0 Å². The SMILES string of the molecule is CCC(C)(C)/C(C)=N/N=C(\C)C(C)(C)CC. The van der Waals surface area contributed by atoms with Gasteiger partial charge in [-0.25, -0.2) is 0 Å². The fourth-order valence-corrected chi connectivity index (χ4v) is 0.932. The molecule has 0 radical (unpaired) electrons. The molecule has 0 aromatic heterocycles. The summed E-state index contributed by atoms with van der Waals surface area (Å²) < 4.78 is 0. The molecule has 0 aliphatic rings. The maximum atomic E-state index is 4.39. The predicted molar refractivity (Wildman–Crippen MR) is 74.4 cm³/mol. The van der Waals surface area contributed by atoms with E-state index < -0.39 is 0 Å². The Hall–Kier alpha value is -0.660. The highest BCUT2D eigenvalue weighted by Gasteiger charge is 2.21. The fraction of sp³-hybridized carbons (Fsp3) is 0.857. The van der Waals surface area contributed by atoms with Crippen molar-refractivity contribution in [1.82, 2.24) is 0 Å². The van der Waals surface area contributed by atoms with Crippen molar-refractivity contribution in [2.24, 2.45) is 21.0 Å². The van der Waals surface area contributed by atoms with Crippen LogP contribution in [0, 0.1) is 10.8 Å². The van der Waals surface area contributed by atoms with E-state index in [0.29, 0.717) is 0 Å². The molecule has 16 heavy (non-hydrogen) atoms. The highest BCUT2D eigenvalue weighted by molar-refractivity contribution is 5.90. The third-order valence-corrected chi connectivity index (χ3v) is 4.08. The molecule has 0 rings (SSSR count). The van der Waals surface area contributed by atoms with E-state index in [1.807, 2.05) is 0 Å². The zero-order valence-corrected chi connectivity index (χ0v) is 12.3. The first-order valence-electron chi connectivity index (χ1n) is 6.27. The maximum Gasteiger partial charge on any atom is 0.0430 e. The molecular formula is C14H28N2. The second-order valence-electron chi connectivity index (χ2n) is 5.85. The van der Waals surface area contributed by atoms with Crippen LogP contribution in [-0.4, -0.2) is 11.4 Å². The third kappa shape index (κ3) is 4.07. The van der Waals surface area contributed by atoms with Crippen molar-refractivity contribution in [3.63, 3.8) is 0 Å². The van der Waals surface area contributed by atoms with Gasteiger partial charge in [-0.15, -0.1) is 0 Å². The first-order chi connectivity index (χ1) is 7.17. The van der Waals surface area contributed by atoms with Crippen LogP contribution < -0.4 is 0 Å². The van der Waals surface area contributed by atoms with Crippen molar-refractivity contribution in [2.75, 3.05) is 0 Å². The van der Waals surface area contributed by atoms with E-state index in [-0.39, 0.29) is 10.8 Å². The van der Waals surface area contributed by atoms with Gasteiger partial charge < -0.3 is 0 Å². The first-order valence-corrected chi connectivity index (χ1v) is 6.27. The quantitative estimate of drug-likeness (QED) is 0.478. The molecule has 0 fully saturated rings. The Balaban J connectivity index is 4.89. The van der Waals surface area contributed by atoms with Gasteiger partial charge in [0.15, 0.2) is 0 Å². The van der Waals surface area contributed by atoms with Crippen molar-refractivity contribution in [2.45, 2.75) is 68.2 Å². The zero-order chi connectivity index (χ0) is 13.0. The summed E-state index contributed by atoms with van der Waals surface area (Å²) in [7, 11) is 0. The average Bonchev–Trinajstić information content (AvgIpc) is 2.24. The highest BCUT2D eigenvalue weighted by atomic mass is 15.2. The summed E-state index contributed by atoms with van der Waals surface area (Å²) in [6.07, 6.45) is 2.18. The minimum atomic E-state index is 0.153. The largest absolute Gasteiger partial charge is 0.160 e. The molecule has 0 aromatic carbocycles. The molecular weight excluding hydrogens is 196 g/mol. The molecule has 0 atom stereocenters. The Kier molecular flexibility index (Phi) is 5.37. The Bertz CT molecular complexity index is 253. The van der Waals surface area contributed by atoms with Gasteiger partial charge in [0.25, 0.3) is 0 Å². The van der Waals surface area contributed by atoms with Crippen molar-refractivity contribution in [3.05, 3.63) is 0 Å². The lowest BCUT2D eigenvalue weighted by Crippen LogP contribution is -2.22. The summed E-state index contributed by atoms with van der Waals surface area (Å²) in [5, 5.41) is 8.77. The van der Waals surface area contributed by atoms with E-state index >= 15 is 0 Å². The minimum absolute atomic E-state index is 0.153. The molecule has 0 amide bonds. The van der Waals surface area contributed by atoms with Gasteiger partial charge in [0.2, 0.25) is 0 Å². The minimum Gasteiger partial charge on any atom is -0.160 e. The second-order valence-corrected chi connectivity index (χ2v) is 5.85. The van der Waals surface area contributed by atoms with Crippen LogP contribution in [0.2, 0.25) is 0 Å². The van der Waals surface area contributed by atoms with Crippen molar-refractivity contribution in [1.29, 1.82) is 0 Å². The second kappa shape index (κ2) is 5.60.